The number of nitrogens with zero attached hydrogens (tertiary/aromatic N) is 4. The molecule has 110 valence electrons. The molecule has 0 aliphatic carbocycles. The number of imidazole rings is 1. The summed E-state index contributed by atoms with van der Waals surface area (Å²) in [5.74, 6) is 0.521. The van der Waals surface area contributed by atoms with Gasteiger partial charge in [-0.2, -0.15) is 0 Å². The first-order chi connectivity index (χ1) is 10.6. The first kappa shape index (κ1) is 12.6. The van der Waals surface area contributed by atoms with Crippen molar-refractivity contribution in [2.45, 2.75) is 0 Å². The Kier molecular flexibility index (Phi) is 2.38. The van der Waals surface area contributed by atoms with Gasteiger partial charge in [0.25, 0.3) is 5.56 Å². The van der Waals surface area contributed by atoms with Gasteiger partial charge in [0, 0.05) is 37.4 Å². The molecule has 0 radical (unpaired) electrons. The lowest BCUT2D eigenvalue weighted by molar-refractivity contribution is 0.709. The molecule has 0 saturated heterocycles. The summed E-state index contributed by atoms with van der Waals surface area (Å²) >= 11 is 0. The summed E-state index contributed by atoms with van der Waals surface area (Å²) in [7, 11) is 3.03. The Morgan fingerprint density at radius 1 is 1.18 bits per heavy atom. The highest BCUT2D eigenvalue weighted by Crippen LogP contribution is 2.25. The minimum Gasteiger partial charge on any atom is -0.345 e. The van der Waals surface area contributed by atoms with Crippen LogP contribution < -0.4 is 11.2 Å². The van der Waals surface area contributed by atoms with E-state index < -0.39 is 11.2 Å². The SMILES string of the molecule is Cn1c(=O)c2[nH]c(-c3c[nH]c4ncccc34)nc2n(C)c1=O. The van der Waals surface area contributed by atoms with Crippen LogP contribution in [0, 0.1) is 0 Å². The molecule has 0 spiro atoms. The molecule has 2 N–H and O–H groups in total. The lowest BCUT2D eigenvalue weighted by atomic mass is 10.2. The number of hydrogen-bond acceptors (Lipinski definition) is 4. The predicted octanol–water partition coefficient (Wildman–Crippen LogP) is 0.504. The van der Waals surface area contributed by atoms with Crippen LogP contribution in [-0.2, 0) is 14.1 Å². The minimum absolute atomic E-state index is 0.304. The van der Waals surface area contributed by atoms with Crippen molar-refractivity contribution < 1.29 is 0 Å². The van der Waals surface area contributed by atoms with Crippen LogP contribution in [0.15, 0.2) is 34.1 Å². The normalized spacial score (nSPS) is 11.5. The fourth-order valence-electron chi connectivity index (χ4n) is 2.61. The van der Waals surface area contributed by atoms with Crippen molar-refractivity contribution in [2.75, 3.05) is 0 Å². The predicted molar refractivity (Wildman–Crippen MR) is 81.7 cm³/mol. The van der Waals surface area contributed by atoms with Gasteiger partial charge < -0.3 is 9.97 Å². The Hall–Kier alpha value is -3.16. The second kappa shape index (κ2) is 4.17. The molecule has 0 atom stereocenters. The number of rotatable bonds is 1. The fourth-order valence-corrected chi connectivity index (χ4v) is 2.61. The molecule has 0 aromatic carbocycles. The highest BCUT2D eigenvalue weighted by molar-refractivity contribution is 5.93. The number of fused-ring (bicyclic) bond motifs is 2. The number of aryl methyl sites for hydroxylation is 1. The number of nitrogens with one attached hydrogen (secondary N) is 2. The van der Waals surface area contributed by atoms with E-state index in [0.717, 1.165) is 21.2 Å². The van der Waals surface area contributed by atoms with Gasteiger partial charge in [0.15, 0.2) is 5.65 Å². The van der Waals surface area contributed by atoms with Gasteiger partial charge in [0.05, 0.1) is 0 Å². The van der Waals surface area contributed by atoms with Gasteiger partial charge in [-0.05, 0) is 12.1 Å². The van der Waals surface area contributed by atoms with E-state index in [9.17, 15) is 9.59 Å². The van der Waals surface area contributed by atoms with Gasteiger partial charge in [-0.3, -0.25) is 13.9 Å². The first-order valence-corrected chi connectivity index (χ1v) is 6.66. The summed E-state index contributed by atoms with van der Waals surface area (Å²) in [5, 5.41) is 0.892. The standard InChI is InChI=1S/C14H12N6O2/c1-19-12-9(13(21)20(2)14(19)22)17-11(18-12)8-6-16-10-7(8)4-3-5-15-10/h3-6H,1-2H3,(H,15,16)(H,17,18). The first-order valence-electron chi connectivity index (χ1n) is 6.66. The zero-order chi connectivity index (χ0) is 15.4. The quantitative estimate of drug-likeness (QED) is 0.534. The molecule has 4 aromatic rings. The molecular weight excluding hydrogens is 284 g/mol. The number of pyridine rings is 1. The van der Waals surface area contributed by atoms with Gasteiger partial charge in [-0.25, -0.2) is 14.8 Å². The van der Waals surface area contributed by atoms with Crippen LogP contribution in [-0.4, -0.2) is 29.1 Å². The third-order valence-electron chi connectivity index (χ3n) is 3.80. The molecule has 4 aromatic heterocycles. The third-order valence-corrected chi connectivity index (χ3v) is 3.80. The lowest BCUT2D eigenvalue weighted by Crippen LogP contribution is -2.36. The number of hydrogen-bond donors (Lipinski definition) is 2. The minimum atomic E-state index is -0.406. The van der Waals surface area contributed by atoms with Crippen molar-refractivity contribution in [3.05, 3.63) is 45.4 Å². The van der Waals surface area contributed by atoms with Gasteiger partial charge in [0.2, 0.25) is 0 Å². The summed E-state index contributed by atoms with van der Waals surface area (Å²) in [6.07, 6.45) is 3.47. The highest BCUT2D eigenvalue weighted by atomic mass is 16.2. The van der Waals surface area contributed by atoms with E-state index in [-0.39, 0.29) is 0 Å². The van der Waals surface area contributed by atoms with Crippen molar-refractivity contribution in [2.24, 2.45) is 14.1 Å². The van der Waals surface area contributed by atoms with E-state index in [2.05, 4.69) is 19.9 Å². The topological polar surface area (TPSA) is 101 Å². The fraction of sp³-hybridized carbons (Fsp3) is 0.143. The molecular formula is C14H12N6O2. The van der Waals surface area contributed by atoms with Crippen molar-refractivity contribution in [3.63, 3.8) is 0 Å². The van der Waals surface area contributed by atoms with Crippen LogP contribution >= 0.6 is 0 Å². The Labute approximate surface area is 123 Å². The molecule has 0 saturated carbocycles. The molecule has 8 nitrogen and oxygen atoms in total. The summed E-state index contributed by atoms with van der Waals surface area (Å²) in [6, 6.07) is 3.75. The zero-order valence-electron chi connectivity index (χ0n) is 11.9. The Morgan fingerprint density at radius 2 is 2.00 bits per heavy atom. The summed E-state index contributed by atoms with van der Waals surface area (Å²) < 4.78 is 2.41. The number of H-pyrrole nitrogens is 2. The smallest absolute Gasteiger partial charge is 0.332 e. The van der Waals surface area contributed by atoms with E-state index >= 15 is 0 Å². The van der Waals surface area contributed by atoms with Gasteiger partial charge >= 0.3 is 5.69 Å². The maximum Gasteiger partial charge on any atom is 0.332 e. The highest BCUT2D eigenvalue weighted by Gasteiger charge is 2.16. The molecule has 0 amide bonds. The molecule has 0 unspecified atom stereocenters. The summed E-state index contributed by atoms with van der Waals surface area (Å²) in [5.41, 5.74) is 1.37. The molecule has 22 heavy (non-hydrogen) atoms. The van der Waals surface area contributed by atoms with Crippen LogP contribution in [0.25, 0.3) is 33.6 Å². The van der Waals surface area contributed by atoms with Crippen molar-refractivity contribution in [3.8, 4) is 11.4 Å². The average molecular weight is 296 g/mol. The zero-order valence-corrected chi connectivity index (χ0v) is 11.9. The largest absolute Gasteiger partial charge is 0.345 e. The lowest BCUT2D eigenvalue weighted by Gasteiger charge is -2.00. The molecule has 0 bridgehead atoms. The van der Waals surface area contributed by atoms with Crippen LogP contribution in [0.1, 0.15) is 0 Å². The van der Waals surface area contributed by atoms with E-state index in [1.165, 1.54) is 11.6 Å². The van der Waals surface area contributed by atoms with Crippen molar-refractivity contribution in [1.29, 1.82) is 0 Å². The maximum absolute atomic E-state index is 12.2. The van der Waals surface area contributed by atoms with E-state index in [4.69, 9.17) is 0 Å². The second-order valence-corrected chi connectivity index (χ2v) is 5.09. The van der Waals surface area contributed by atoms with Gasteiger partial charge in [-0.1, -0.05) is 0 Å². The van der Waals surface area contributed by atoms with Crippen LogP contribution in [0.3, 0.4) is 0 Å². The number of aromatic amines is 2. The van der Waals surface area contributed by atoms with Crippen LogP contribution in [0.5, 0.6) is 0 Å². The Bertz CT molecular complexity index is 1140. The molecule has 4 rings (SSSR count). The molecule has 0 aliphatic heterocycles. The number of aromatic nitrogens is 6. The van der Waals surface area contributed by atoms with E-state index in [1.807, 2.05) is 12.1 Å². The Morgan fingerprint density at radius 3 is 2.82 bits per heavy atom. The molecule has 8 heteroatoms. The van der Waals surface area contributed by atoms with Crippen molar-refractivity contribution >= 4 is 22.2 Å². The van der Waals surface area contributed by atoms with Crippen LogP contribution in [0.2, 0.25) is 0 Å². The molecule has 4 heterocycles. The van der Waals surface area contributed by atoms with Gasteiger partial charge in [-0.15, -0.1) is 0 Å². The monoisotopic (exact) mass is 296 g/mol. The van der Waals surface area contributed by atoms with Crippen LogP contribution in [0.4, 0.5) is 0 Å². The summed E-state index contributed by atoms with van der Waals surface area (Å²) in [6.45, 7) is 0. The third kappa shape index (κ3) is 1.51. The maximum atomic E-state index is 12.2. The average Bonchev–Trinajstić information content (AvgIpc) is 3.14. The van der Waals surface area contributed by atoms with E-state index in [1.54, 1.807) is 19.4 Å². The summed E-state index contributed by atoms with van der Waals surface area (Å²) in [4.78, 5) is 38.9. The van der Waals surface area contributed by atoms with Crippen molar-refractivity contribution in [1.82, 2.24) is 29.1 Å². The van der Waals surface area contributed by atoms with E-state index in [0.29, 0.717) is 17.0 Å². The second-order valence-electron chi connectivity index (χ2n) is 5.09. The molecule has 0 fully saturated rings. The van der Waals surface area contributed by atoms with Gasteiger partial charge in [0.1, 0.15) is 17.0 Å². The Balaban J connectivity index is 2.09. The molecule has 0 aliphatic rings.